The maximum Gasteiger partial charge on any atom is 0.211 e. The van der Waals surface area contributed by atoms with Crippen molar-refractivity contribution in [2.75, 3.05) is 0 Å². The van der Waals surface area contributed by atoms with E-state index in [1.165, 1.54) is 13.8 Å². The minimum absolute atomic E-state index is 0.434. The van der Waals surface area contributed by atoms with Crippen molar-refractivity contribution < 1.29 is 12.8 Å². The van der Waals surface area contributed by atoms with Crippen molar-refractivity contribution in [3.05, 3.63) is 59.7 Å². The van der Waals surface area contributed by atoms with E-state index in [-0.39, 0.29) is 0 Å². The second kappa shape index (κ2) is 10.7. The molecule has 1 aliphatic rings. The third-order valence-electron chi connectivity index (χ3n) is 5.53. The number of primary sulfonamides is 1. The van der Waals surface area contributed by atoms with Crippen LogP contribution in [0.25, 0.3) is 11.1 Å². The van der Waals surface area contributed by atoms with Gasteiger partial charge in [0, 0.05) is 0 Å². The van der Waals surface area contributed by atoms with Crippen LogP contribution in [0, 0.1) is 11.3 Å². The van der Waals surface area contributed by atoms with Gasteiger partial charge in [0.2, 0.25) is 10.0 Å². The van der Waals surface area contributed by atoms with Gasteiger partial charge in [-0.25, -0.2) is 17.9 Å². The molecule has 162 valence electrons. The first-order chi connectivity index (χ1) is 14.2. The summed E-state index contributed by atoms with van der Waals surface area (Å²) in [4.78, 5) is 0. The lowest BCUT2D eigenvalue weighted by Gasteiger charge is -2.24. The summed E-state index contributed by atoms with van der Waals surface area (Å²) < 4.78 is 35.4. The number of hydrogen-bond donors (Lipinski definition) is 1. The van der Waals surface area contributed by atoms with Gasteiger partial charge in [-0.3, -0.25) is 0 Å². The summed E-state index contributed by atoms with van der Waals surface area (Å²) in [5.74, 6) is 0. The number of nitrogens with zero attached hydrogens (tertiary/aromatic N) is 1. The highest BCUT2D eigenvalue weighted by Crippen LogP contribution is 2.40. The Morgan fingerprint density at radius 2 is 1.40 bits per heavy atom. The number of nitrogens with two attached hydrogens (primary N) is 1. The number of rotatable bonds is 4. The maximum atomic E-state index is 15.2. The molecule has 0 spiro atoms. The first kappa shape index (κ1) is 24.0. The molecule has 6 heteroatoms. The molecule has 4 nitrogen and oxygen atoms in total. The first-order valence-electron chi connectivity index (χ1n) is 10.4. The summed E-state index contributed by atoms with van der Waals surface area (Å²) in [6.45, 7) is 3.07. The lowest BCUT2D eigenvalue weighted by atomic mass is 9.87. The van der Waals surface area contributed by atoms with Crippen LogP contribution in [0.3, 0.4) is 0 Å². The van der Waals surface area contributed by atoms with Gasteiger partial charge in [-0.1, -0.05) is 61.4 Å². The molecular formula is C24H31FN2O2S. The van der Waals surface area contributed by atoms with Crippen LogP contribution in [0.2, 0.25) is 0 Å². The normalized spacial score (nSPS) is 16.1. The Labute approximate surface area is 180 Å². The molecule has 3 rings (SSSR count). The Bertz CT molecular complexity index is 938. The molecule has 0 saturated heterocycles. The van der Waals surface area contributed by atoms with E-state index in [4.69, 9.17) is 5.26 Å². The minimum atomic E-state index is -3.24. The molecule has 1 fully saturated rings. The third-order valence-corrected chi connectivity index (χ3v) is 6.84. The second-order valence-corrected chi connectivity index (χ2v) is 10.2. The van der Waals surface area contributed by atoms with Gasteiger partial charge in [-0.2, -0.15) is 5.26 Å². The molecule has 2 aromatic rings. The van der Waals surface area contributed by atoms with Crippen molar-refractivity contribution in [3.63, 3.8) is 0 Å². The van der Waals surface area contributed by atoms with Gasteiger partial charge in [0.05, 0.1) is 17.7 Å². The van der Waals surface area contributed by atoms with Crippen LogP contribution in [-0.4, -0.2) is 13.7 Å². The molecule has 0 amide bonds. The zero-order valence-electron chi connectivity index (χ0n) is 17.8. The lowest BCUT2D eigenvalue weighted by Crippen LogP contribution is -2.22. The van der Waals surface area contributed by atoms with Crippen molar-refractivity contribution >= 4 is 10.0 Å². The molecule has 2 N–H and O–H groups in total. The van der Waals surface area contributed by atoms with Crippen LogP contribution in [0.5, 0.6) is 0 Å². The summed E-state index contributed by atoms with van der Waals surface area (Å²) in [5.41, 5.74) is 2.89. The van der Waals surface area contributed by atoms with Crippen LogP contribution < -0.4 is 5.14 Å². The van der Waals surface area contributed by atoms with Gasteiger partial charge in [-0.05, 0) is 61.8 Å². The fourth-order valence-electron chi connectivity index (χ4n) is 3.45. The van der Waals surface area contributed by atoms with Crippen LogP contribution in [-0.2, 0) is 22.1 Å². The average molecular weight is 431 g/mol. The van der Waals surface area contributed by atoms with Gasteiger partial charge in [0.1, 0.15) is 5.67 Å². The molecule has 0 bridgehead atoms. The zero-order chi connectivity index (χ0) is 22.2. The minimum Gasteiger partial charge on any atom is -0.239 e. The van der Waals surface area contributed by atoms with Crippen molar-refractivity contribution in [1.82, 2.24) is 0 Å². The predicted molar refractivity (Wildman–Crippen MR) is 120 cm³/mol. The molecule has 0 aromatic heterocycles. The van der Waals surface area contributed by atoms with Gasteiger partial charge in [-0.15, -0.1) is 0 Å². The smallest absolute Gasteiger partial charge is 0.211 e. The monoisotopic (exact) mass is 430 g/mol. The Hall–Kier alpha value is -2.23. The topological polar surface area (TPSA) is 84.0 Å². The van der Waals surface area contributed by atoms with Crippen LogP contribution >= 0.6 is 0 Å². The van der Waals surface area contributed by atoms with Crippen molar-refractivity contribution in [3.8, 4) is 17.2 Å². The number of alkyl halides is 1. The highest BCUT2D eigenvalue weighted by molar-refractivity contribution is 7.89. The number of nitriles is 1. The van der Waals surface area contributed by atoms with E-state index >= 15 is 4.39 Å². The fourth-order valence-corrected chi connectivity index (χ4v) is 3.45. The van der Waals surface area contributed by atoms with E-state index in [0.29, 0.717) is 19.3 Å². The van der Waals surface area contributed by atoms with Crippen LogP contribution in [0.4, 0.5) is 4.39 Å². The van der Waals surface area contributed by atoms with E-state index in [0.717, 1.165) is 47.9 Å². The second-order valence-electron chi connectivity index (χ2n) is 8.13. The summed E-state index contributed by atoms with van der Waals surface area (Å²) >= 11 is 0. The molecule has 1 aliphatic carbocycles. The zero-order valence-corrected chi connectivity index (χ0v) is 18.6. The van der Waals surface area contributed by atoms with Gasteiger partial charge >= 0.3 is 0 Å². The van der Waals surface area contributed by atoms with Crippen molar-refractivity contribution in [2.24, 2.45) is 5.14 Å². The Balaban J connectivity index is 0.000000396. The maximum absolute atomic E-state index is 15.2. The number of benzene rings is 2. The van der Waals surface area contributed by atoms with Crippen molar-refractivity contribution in [2.45, 2.75) is 69.7 Å². The van der Waals surface area contributed by atoms with Crippen molar-refractivity contribution in [1.29, 1.82) is 5.26 Å². The lowest BCUT2D eigenvalue weighted by molar-refractivity contribution is 0.140. The molecule has 0 atom stereocenters. The highest BCUT2D eigenvalue weighted by atomic mass is 32.2. The fraction of sp³-hybridized carbons (Fsp3) is 0.458. The number of hydrogen-bond acceptors (Lipinski definition) is 3. The summed E-state index contributed by atoms with van der Waals surface area (Å²) in [6.07, 6.45) is 6.00. The van der Waals surface area contributed by atoms with Crippen LogP contribution in [0.1, 0.15) is 63.5 Å². The molecule has 0 radical (unpaired) electrons. The quantitative estimate of drug-likeness (QED) is 0.639. The van der Waals surface area contributed by atoms with E-state index in [9.17, 15) is 8.42 Å². The van der Waals surface area contributed by atoms with E-state index < -0.39 is 20.9 Å². The Morgan fingerprint density at radius 3 is 1.80 bits per heavy atom. The SMILES string of the molecule is CC(C)S(N)(=O)=O.N#CCc1ccc(-c2ccc(C3(F)CCCCCC3)cc2)cc1. The van der Waals surface area contributed by atoms with Crippen LogP contribution in [0.15, 0.2) is 48.5 Å². The highest BCUT2D eigenvalue weighted by Gasteiger charge is 2.32. The largest absolute Gasteiger partial charge is 0.239 e. The van der Waals surface area contributed by atoms with Gasteiger partial charge in [0.25, 0.3) is 0 Å². The number of halogens is 1. The summed E-state index contributed by atoms with van der Waals surface area (Å²) in [6, 6.07) is 18.1. The van der Waals surface area contributed by atoms with Gasteiger partial charge < -0.3 is 0 Å². The Kier molecular flexibility index (Phi) is 8.57. The van der Waals surface area contributed by atoms with Gasteiger partial charge in [0.15, 0.2) is 0 Å². The first-order valence-corrected chi connectivity index (χ1v) is 12.0. The van der Waals surface area contributed by atoms with E-state index in [2.05, 4.69) is 11.2 Å². The molecule has 1 saturated carbocycles. The predicted octanol–water partition coefficient (Wildman–Crippen LogP) is 5.62. The molecule has 0 unspecified atom stereocenters. The molecule has 0 aliphatic heterocycles. The number of sulfonamides is 1. The molecule has 30 heavy (non-hydrogen) atoms. The standard InChI is InChI=1S/C21H22FN.C3H9NO2S/c22-21(14-3-1-2-4-15-21)20-11-9-19(10-12-20)18-7-5-17(6-8-18)13-16-23;1-3(2)7(4,5)6/h5-12H,1-4,13-15H2;3H,1-2H3,(H2,4,5,6). The summed E-state index contributed by atoms with van der Waals surface area (Å²) in [7, 11) is -3.24. The van der Waals surface area contributed by atoms with E-state index in [1.54, 1.807) is 0 Å². The molecular weight excluding hydrogens is 399 g/mol. The average Bonchev–Trinajstić information content (AvgIpc) is 2.94. The summed E-state index contributed by atoms with van der Waals surface area (Å²) in [5, 5.41) is 12.9. The third kappa shape index (κ3) is 6.93. The Morgan fingerprint density at radius 1 is 0.967 bits per heavy atom. The molecule has 0 heterocycles. The van der Waals surface area contributed by atoms with E-state index in [1.807, 2.05) is 48.5 Å². The molecule has 2 aromatic carbocycles.